The van der Waals surface area contributed by atoms with E-state index in [-0.39, 0.29) is 11.5 Å². The first-order chi connectivity index (χ1) is 10.2. The van der Waals surface area contributed by atoms with E-state index in [1.165, 1.54) is 24.6 Å². The largest absolute Gasteiger partial charge is 0.507 e. The molecule has 6 heteroatoms. The van der Waals surface area contributed by atoms with E-state index >= 15 is 0 Å². The second-order valence-electron chi connectivity index (χ2n) is 4.25. The van der Waals surface area contributed by atoms with E-state index in [0.717, 1.165) is 6.42 Å². The van der Waals surface area contributed by atoms with E-state index in [0.29, 0.717) is 17.9 Å². The number of carbonyl (C=O) groups is 1. The Morgan fingerprint density at radius 3 is 3.00 bits per heavy atom. The third-order valence-corrected chi connectivity index (χ3v) is 2.59. The SMILES string of the molecule is CCCOc1ccc(/C=N/NC(=O)c2ccco2)c(O)c1. The molecule has 0 saturated carbocycles. The molecule has 0 bridgehead atoms. The Bertz CT molecular complexity index is 621. The van der Waals surface area contributed by atoms with Gasteiger partial charge < -0.3 is 14.3 Å². The standard InChI is InChI=1S/C15H16N2O4/c1-2-7-20-12-6-5-11(13(18)9-12)10-16-17-15(19)14-4-3-8-21-14/h3-6,8-10,18H,2,7H2,1H3,(H,17,19)/b16-10+. The Morgan fingerprint density at radius 2 is 2.33 bits per heavy atom. The van der Waals surface area contributed by atoms with E-state index in [1.54, 1.807) is 18.2 Å². The molecule has 0 fully saturated rings. The van der Waals surface area contributed by atoms with Gasteiger partial charge in [-0.15, -0.1) is 0 Å². The molecule has 2 aromatic rings. The number of hydrogen-bond donors (Lipinski definition) is 2. The first-order valence-electron chi connectivity index (χ1n) is 6.53. The van der Waals surface area contributed by atoms with Crippen LogP contribution in [-0.2, 0) is 0 Å². The maximum absolute atomic E-state index is 11.6. The van der Waals surface area contributed by atoms with Crippen LogP contribution in [0.1, 0.15) is 29.5 Å². The highest BCUT2D eigenvalue weighted by molar-refractivity contribution is 5.92. The van der Waals surface area contributed by atoms with Crippen LogP contribution >= 0.6 is 0 Å². The van der Waals surface area contributed by atoms with Crippen LogP contribution in [-0.4, -0.2) is 23.8 Å². The molecule has 2 rings (SSSR count). The number of hydrogen-bond acceptors (Lipinski definition) is 5. The van der Waals surface area contributed by atoms with Crippen molar-refractivity contribution in [2.24, 2.45) is 5.10 Å². The summed E-state index contributed by atoms with van der Waals surface area (Å²) in [6.07, 6.45) is 3.64. The monoisotopic (exact) mass is 288 g/mol. The highest BCUT2D eigenvalue weighted by atomic mass is 16.5. The van der Waals surface area contributed by atoms with Crippen molar-refractivity contribution in [3.05, 3.63) is 47.9 Å². The van der Waals surface area contributed by atoms with Gasteiger partial charge in [0.25, 0.3) is 0 Å². The molecule has 2 N–H and O–H groups in total. The number of nitrogens with zero attached hydrogens (tertiary/aromatic N) is 1. The molecule has 6 nitrogen and oxygen atoms in total. The number of carbonyl (C=O) groups excluding carboxylic acids is 1. The van der Waals surface area contributed by atoms with Gasteiger partial charge in [-0.05, 0) is 30.7 Å². The van der Waals surface area contributed by atoms with Gasteiger partial charge in [-0.3, -0.25) is 4.79 Å². The molecular weight excluding hydrogens is 272 g/mol. The lowest BCUT2D eigenvalue weighted by atomic mass is 10.2. The highest BCUT2D eigenvalue weighted by Gasteiger charge is 2.06. The second kappa shape index (κ2) is 7.14. The molecule has 0 unspecified atom stereocenters. The Kier molecular flexibility index (Phi) is 4.98. The molecule has 1 heterocycles. The lowest BCUT2D eigenvalue weighted by Gasteiger charge is -2.06. The Balaban J connectivity index is 1.96. The van der Waals surface area contributed by atoms with Crippen molar-refractivity contribution < 1.29 is 19.1 Å². The topological polar surface area (TPSA) is 84.1 Å². The van der Waals surface area contributed by atoms with Gasteiger partial charge in [0.2, 0.25) is 0 Å². The zero-order valence-electron chi connectivity index (χ0n) is 11.6. The van der Waals surface area contributed by atoms with Crippen LogP contribution in [0.25, 0.3) is 0 Å². The van der Waals surface area contributed by atoms with Gasteiger partial charge >= 0.3 is 5.91 Å². The van der Waals surface area contributed by atoms with Gasteiger partial charge in [0.05, 0.1) is 19.1 Å². The van der Waals surface area contributed by atoms with Crippen LogP contribution in [0.4, 0.5) is 0 Å². The molecule has 1 aromatic heterocycles. The van der Waals surface area contributed by atoms with Crippen LogP contribution in [0.5, 0.6) is 11.5 Å². The fourth-order valence-electron chi connectivity index (χ4n) is 1.57. The number of benzene rings is 1. The number of phenols is 1. The van der Waals surface area contributed by atoms with Crippen LogP contribution in [0.2, 0.25) is 0 Å². The van der Waals surface area contributed by atoms with Gasteiger partial charge in [0.1, 0.15) is 11.5 Å². The normalized spacial score (nSPS) is 10.7. The van der Waals surface area contributed by atoms with Gasteiger partial charge in [0, 0.05) is 11.6 Å². The number of hydrazone groups is 1. The minimum atomic E-state index is -0.460. The third-order valence-electron chi connectivity index (χ3n) is 2.59. The molecule has 1 aromatic carbocycles. The maximum atomic E-state index is 11.6. The molecule has 0 spiro atoms. The van der Waals surface area contributed by atoms with Crippen LogP contribution in [0.3, 0.4) is 0 Å². The summed E-state index contributed by atoms with van der Waals surface area (Å²) in [5, 5.41) is 13.6. The van der Waals surface area contributed by atoms with Gasteiger partial charge in [-0.2, -0.15) is 5.10 Å². The quantitative estimate of drug-likeness (QED) is 0.632. The number of rotatable bonds is 6. The molecule has 0 radical (unpaired) electrons. The molecule has 0 saturated heterocycles. The van der Waals surface area contributed by atoms with Crippen molar-refractivity contribution in [3.63, 3.8) is 0 Å². The van der Waals surface area contributed by atoms with Crippen LogP contribution in [0, 0.1) is 0 Å². The maximum Gasteiger partial charge on any atom is 0.307 e. The van der Waals surface area contributed by atoms with Crippen molar-refractivity contribution in [3.8, 4) is 11.5 Å². The smallest absolute Gasteiger partial charge is 0.307 e. The Morgan fingerprint density at radius 1 is 1.48 bits per heavy atom. The van der Waals surface area contributed by atoms with E-state index in [9.17, 15) is 9.90 Å². The third kappa shape index (κ3) is 4.10. The molecule has 1 amide bonds. The summed E-state index contributed by atoms with van der Waals surface area (Å²) >= 11 is 0. The molecule has 0 aliphatic heterocycles. The molecule has 0 aliphatic carbocycles. The second-order valence-corrected chi connectivity index (χ2v) is 4.25. The van der Waals surface area contributed by atoms with Crippen LogP contribution < -0.4 is 10.2 Å². The predicted molar refractivity (Wildman–Crippen MR) is 77.7 cm³/mol. The minimum absolute atomic E-state index is 0.0274. The first kappa shape index (κ1) is 14.6. The minimum Gasteiger partial charge on any atom is -0.507 e. The summed E-state index contributed by atoms with van der Waals surface area (Å²) in [6.45, 7) is 2.59. The first-order valence-corrected chi connectivity index (χ1v) is 6.53. The fraction of sp³-hybridized carbons (Fsp3) is 0.200. The molecule has 0 aliphatic rings. The number of aromatic hydroxyl groups is 1. The number of nitrogens with one attached hydrogen (secondary N) is 1. The number of amides is 1. The summed E-state index contributed by atoms with van der Waals surface area (Å²) in [6, 6.07) is 8.03. The van der Waals surface area contributed by atoms with E-state index < -0.39 is 5.91 Å². The predicted octanol–water partition coefficient (Wildman–Crippen LogP) is 2.54. The highest BCUT2D eigenvalue weighted by Crippen LogP contribution is 2.22. The number of furan rings is 1. The van der Waals surface area contributed by atoms with Crippen molar-refractivity contribution >= 4 is 12.1 Å². The molecular formula is C15H16N2O4. The lowest BCUT2D eigenvalue weighted by molar-refractivity contribution is 0.0927. The summed E-state index contributed by atoms with van der Waals surface area (Å²) in [5.74, 6) is 0.323. The van der Waals surface area contributed by atoms with Gasteiger partial charge in [-0.1, -0.05) is 6.92 Å². The zero-order valence-corrected chi connectivity index (χ0v) is 11.6. The Labute approximate surface area is 122 Å². The fourth-order valence-corrected chi connectivity index (χ4v) is 1.57. The van der Waals surface area contributed by atoms with Gasteiger partial charge in [0.15, 0.2) is 5.76 Å². The molecule has 21 heavy (non-hydrogen) atoms. The van der Waals surface area contributed by atoms with Crippen molar-refractivity contribution in [2.75, 3.05) is 6.61 Å². The summed E-state index contributed by atoms with van der Waals surface area (Å²) < 4.78 is 10.3. The summed E-state index contributed by atoms with van der Waals surface area (Å²) in [4.78, 5) is 11.6. The van der Waals surface area contributed by atoms with Gasteiger partial charge in [-0.25, -0.2) is 5.43 Å². The average Bonchev–Trinajstić information content (AvgIpc) is 3.01. The van der Waals surface area contributed by atoms with Crippen LogP contribution in [0.15, 0.2) is 46.1 Å². The molecule has 110 valence electrons. The lowest BCUT2D eigenvalue weighted by Crippen LogP contribution is -2.16. The molecule has 0 atom stereocenters. The van der Waals surface area contributed by atoms with E-state index in [2.05, 4.69) is 10.5 Å². The van der Waals surface area contributed by atoms with Crippen molar-refractivity contribution in [1.29, 1.82) is 0 Å². The Hall–Kier alpha value is -2.76. The number of ether oxygens (including phenoxy) is 1. The van der Waals surface area contributed by atoms with E-state index in [1.807, 2.05) is 6.92 Å². The summed E-state index contributed by atoms with van der Waals surface area (Å²) in [5.41, 5.74) is 2.77. The number of phenolic OH excluding ortho intramolecular Hbond substituents is 1. The average molecular weight is 288 g/mol. The van der Waals surface area contributed by atoms with E-state index in [4.69, 9.17) is 9.15 Å². The van der Waals surface area contributed by atoms with Crippen molar-refractivity contribution in [2.45, 2.75) is 13.3 Å². The summed E-state index contributed by atoms with van der Waals surface area (Å²) in [7, 11) is 0. The zero-order chi connectivity index (χ0) is 15.1. The van der Waals surface area contributed by atoms with Crippen molar-refractivity contribution in [1.82, 2.24) is 5.43 Å².